The van der Waals surface area contributed by atoms with Crippen LogP contribution in [0.1, 0.15) is 46.5 Å². The fourth-order valence-corrected chi connectivity index (χ4v) is 6.00. The molecule has 2 aromatic rings. The number of aliphatic carboxylic acids is 1. The van der Waals surface area contributed by atoms with Gasteiger partial charge in [-0.25, -0.2) is 4.79 Å². The molecule has 2 aromatic carbocycles. The number of rotatable bonds is 10. The van der Waals surface area contributed by atoms with Crippen LogP contribution in [0.3, 0.4) is 0 Å². The second-order valence-electron chi connectivity index (χ2n) is 9.01. The summed E-state index contributed by atoms with van der Waals surface area (Å²) in [5.74, 6) is 0.335. The number of carbonyl (C=O) groups is 1. The van der Waals surface area contributed by atoms with Crippen molar-refractivity contribution in [1.82, 2.24) is 0 Å². The van der Waals surface area contributed by atoms with Gasteiger partial charge < -0.3 is 19.8 Å². The molecule has 1 aliphatic rings. The molecule has 3 rings (SSSR count). The van der Waals surface area contributed by atoms with Crippen LogP contribution in [0.25, 0.3) is 0 Å². The molecule has 0 saturated carbocycles. The molecule has 0 saturated heterocycles. The zero-order valence-corrected chi connectivity index (χ0v) is 21.6. The molecule has 7 heteroatoms. The number of unbranched alkanes of at least 4 members (excludes halogenated alkanes) is 1. The number of hydrogen-bond donors (Lipinski definition) is 2. The van der Waals surface area contributed by atoms with Crippen LogP contribution in [0, 0.1) is 5.41 Å². The van der Waals surface area contributed by atoms with Crippen LogP contribution in [0.15, 0.2) is 52.3 Å². The molecule has 0 amide bonds. The lowest BCUT2D eigenvalue weighted by molar-refractivity contribution is -0.159. The Morgan fingerprint density at radius 2 is 2.00 bits per heavy atom. The molecular weight excluding hydrogens is 454 g/mol. The number of fused-ring (bicyclic) bond motifs is 1. The van der Waals surface area contributed by atoms with Crippen molar-refractivity contribution in [2.75, 3.05) is 30.1 Å². The van der Waals surface area contributed by atoms with E-state index in [1.165, 1.54) is 31.9 Å². The van der Waals surface area contributed by atoms with E-state index in [4.69, 9.17) is 4.74 Å². The Bertz CT molecular complexity index is 951. The van der Waals surface area contributed by atoms with E-state index in [2.05, 4.69) is 49.1 Å². The molecule has 1 heterocycles. The van der Waals surface area contributed by atoms with E-state index >= 15 is 0 Å². The molecule has 1 unspecified atom stereocenters. The standard InChI is InChI=1S/C26H35NO4S2/c1-5-7-13-26(6-2)16-27(19-11-9-8-10-12-19)20-14-23(32-4)21(15-22(20)33-18-26)31-17-25(3,30)24(28)29/h8-12,14-15,30H,5-7,13,16-18H2,1-4H3,(H,28,29)/t25-,26?/m0/s1. The Morgan fingerprint density at radius 1 is 1.27 bits per heavy atom. The van der Waals surface area contributed by atoms with E-state index in [1.807, 2.05) is 30.2 Å². The maximum atomic E-state index is 11.3. The van der Waals surface area contributed by atoms with Crippen LogP contribution in [0.5, 0.6) is 5.75 Å². The SMILES string of the molecule is CCCCC1(CC)CSc2cc(OC[C@](C)(O)C(=O)O)c(SC)cc2N(c2ccccc2)C1. The number of para-hydroxylation sites is 1. The predicted molar refractivity (Wildman–Crippen MR) is 138 cm³/mol. The van der Waals surface area contributed by atoms with Crippen molar-refractivity contribution in [3.63, 3.8) is 0 Å². The van der Waals surface area contributed by atoms with Gasteiger partial charge in [-0.05, 0) is 55.7 Å². The number of ether oxygens (including phenoxy) is 1. The normalized spacial score (nSPS) is 20.0. The molecule has 0 spiro atoms. The van der Waals surface area contributed by atoms with Gasteiger partial charge in [-0.3, -0.25) is 0 Å². The van der Waals surface area contributed by atoms with Crippen molar-refractivity contribution in [1.29, 1.82) is 0 Å². The summed E-state index contributed by atoms with van der Waals surface area (Å²) in [6.45, 7) is 6.45. The molecule has 5 nitrogen and oxygen atoms in total. The molecular formula is C26H35NO4S2. The Hall–Kier alpha value is -1.83. The number of carboxylic acids is 1. The van der Waals surface area contributed by atoms with Crippen molar-refractivity contribution in [3.05, 3.63) is 42.5 Å². The number of nitrogens with zero attached hydrogens (tertiary/aromatic N) is 1. The summed E-state index contributed by atoms with van der Waals surface area (Å²) in [4.78, 5) is 15.8. The van der Waals surface area contributed by atoms with E-state index in [0.717, 1.165) is 34.2 Å². The van der Waals surface area contributed by atoms with Crippen LogP contribution in [0.2, 0.25) is 0 Å². The van der Waals surface area contributed by atoms with Gasteiger partial charge >= 0.3 is 5.97 Å². The van der Waals surface area contributed by atoms with Crippen molar-refractivity contribution in [2.24, 2.45) is 5.41 Å². The van der Waals surface area contributed by atoms with Gasteiger partial charge in [0.05, 0.1) is 10.6 Å². The van der Waals surface area contributed by atoms with Crippen LogP contribution in [-0.4, -0.2) is 46.9 Å². The van der Waals surface area contributed by atoms with Gasteiger partial charge in [0, 0.05) is 22.9 Å². The number of anilines is 2. The summed E-state index contributed by atoms with van der Waals surface area (Å²) in [6.07, 6.45) is 6.67. The molecule has 180 valence electrons. The second kappa shape index (κ2) is 11.1. The maximum Gasteiger partial charge on any atom is 0.339 e. The van der Waals surface area contributed by atoms with Crippen LogP contribution in [-0.2, 0) is 4.79 Å². The lowest BCUT2D eigenvalue weighted by Crippen LogP contribution is -2.41. The van der Waals surface area contributed by atoms with Crippen LogP contribution < -0.4 is 9.64 Å². The smallest absolute Gasteiger partial charge is 0.339 e. The van der Waals surface area contributed by atoms with Crippen molar-refractivity contribution in [3.8, 4) is 5.75 Å². The average molecular weight is 490 g/mol. The number of hydrogen-bond acceptors (Lipinski definition) is 6. The van der Waals surface area contributed by atoms with Gasteiger partial charge in [-0.2, -0.15) is 0 Å². The van der Waals surface area contributed by atoms with Crippen molar-refractivity contribution < 1.29 is 19.7 Å². The Balaban J connectivity index is 2.04. The summed E-state index contributed by atoms with van der Waals surface area (Å²) in [7, 11) is 0. The van der Waals surface area contributed by atoms with Crippen LogP contribution >= 0.6 is 23.5 Å². The Kier molecular flexibility index (Phi) is 8.65. The quantitative estimate of drug-likeness (QED) is 0.371. The monoisotopic (exact) mass is 489 g/mol. The molecule has 33 heavy (non-hydrogen) atoms. The minimum atomic E-state index is -1.94. The third-order valence-corrected chi connectivity index (χ3v) is 8.56. The van der Waals surface area contributed by atoms with Gasteiger partial charge in [0.25, 0.3) is 0 Å². The van der Waals surface area contributed by atoms with Gasteiger partial charge in [-0.1, -0.05) is 44.9 Å². The molecule has 0 fully saturated rings. The largest absolute Gasteiger partial charge is 0.489 e. The summed E-state index contributed by atoms with van der Waals surface area (Å²) >= 11 is 3.41. The number of aliphatic hydroxyl groups is 1. The highest BCUT2D eigenvalue weighted by atomic mass is 32.2. The second-order valence-corrected chi connectivity index (χ2v) is 10.9. The topological polar surface area (TPSA) is 70.0 Å². The first-order chi connectivity index (χ1) is 15.7. The number of carboxylic acid groups (broad SMARTS) is 1. The first-order valence-corrected chi connectivity index (χ1v) is 13.7. The molecule has 0 aromatic heterocycles. The zero-order valence-electron chi connectivity index (χ0n) is 20.0. The van der Waals surface area contributed by atoms with E-state index in [9.17, 15) is 15.0 Å². The fourth-order valence-electron chi connectivity index (χ4n) is 4.04. The molecule has 2 N–H and O–H groups in total. The van der Waals surface area contributed by atoms with Crippen molar-refractivity contribution in [2.45, 2.75) is 61.8 Å². The predicted octanol–water partition coefficient (Wildman–Crippen LogP) is 6.45. The molecule has 0 aliphatic carbocycles. The Labute approximate surface area is 205 Å². The third kappa shape index (κ3) is 6.00. The lowest BCUT2D eigenvalue weighted by atomic mass is 9.81. The molecule has 2 atom stereocenters. The Morgan fingerprint density at radius 3 is 2.61 bits per heavy atom. The van der Waals surface area contributed by atoms with Gasteiger partial charge in [0.1, 0.15) is 12.4 Å². The highest BCUT2D eigenvalue weighted by molar-refractivity contribution is 7.99. The summed E-state index contributed by atoms with van der Waals surface area (Å²) in [6, 6.07) is 14.7. The number of benzene rings is 2. The highest BCUT2D eigenvalue weighted by Gasteiger charge is 2.36. The maximum absolute atomic E-state index is 11.3. The average Bonchev–Trinajstić information content (AvgIpc) is 2.98. The fraction of sp³-hybridized carbons (Fsp3) is 0.500. The van der Waals surface area contributed by atoms with E-state index < -0.39 is 11.6 Å². The van der Waals surface area contributed by atoms with Crippen LogP contribution in [0.4, 0.5) is 11.4 Å². The first kappa shape index (κ1) is 25.8. The van der Waals surface area contributed by atoms with E-state index in [-0.39, 0.29) is 12.0 Å². The summed E-state index contributed by atoms with van der Waals surface area (Å²) < 4.78 is 5.86. The summed E-state index contributed by atoms with van der Waals surface area (Å²) in [5, 5.41) is 19.4. The third-order valence-electron chi connectivity index (χ3n) is 6.41. The molecule has 1 aliphatic heterocycles. The van der Waals surface area contributed by atoms with E-state index in [0.29, 0.717) is 5.75 Å². The van der Waals surface area contributed by atoms with Gasteiger partial charge in [0.2, 0.25) is 0 Å². The van der Waals surface area contributed by atoms with Gasteiger partial charge in [0.15, 0.2) is 5.60 Å². The number of thioether (sulfide) groups is 2. The van der Waals surface area contributed by atoms with Gasteiger partial charge in [-0.15, -0.1) is 23.5 Å². The zero-order chi connectivity index (χ0) is 24.1. The molecule has 0 radical (unpaired) electrons. The minimum Gasteiger partial charge on any atom is -0.489 e. The highest BCUT2D eigenvalue weighted by Crippen LogP contribution is 2.49. The lowest BCUT2D eigenvalue weighted by Gasteiger charge is -2.37. The van der Waals surface area contributed by atoms with Crippen molar-refractivity contribution >= 4 is 40.9 Å². The first-order valence-electron chi connectivity index (χ1n) is 11.5. The van der Waals surface area contributed by atoms with E-state index in [1.54, 1.807) is 11.8 Å². The molecule has 0 bridgehead atoms. The summed E-state index contributed by atoms with van der Waals surface area (Å²) in [5.41, 5.74) is 0.580. The minimum absolute atomic E-state index is 0.197.